The maximum Gasteiger partial charge on any atom is 0.134 e. The number of rotatable bonds is 2. The summed E-state index contributed by atoms with van der Waals surface area (Å²) in [7, 11) is 0. The third-order valence-corrected chi connectivity index (χ3v) is 3.69. The van der Waals surface area contributed by atoms with Crippen LogP contribution in [0, 0.1) is 19.7 Å². The number of halogens is 1. The van der Waals surface area contributed by atoms with E-state index >= 15 is 0 Å². The van der Waals surface area contributed by atoms with Crippen molar-refractivity contribution < 1.29 is 8.81 Å². The molecule has 1 heterocycles. The van der Waals surface area contributed by atoms with Crippen LogP contribution in [-0.2, 0) is 0 Å². The molecule has 3 heteroatoms. The number of hydrogen-bond acceptors (Lipinski definition) is 2. The van der Waals surface area contributed by atoms with Gasteiger partial charge in [-0.2, -0.15) is 0 Å². The van der Waals surface area contributed by atoms with Crippen LogP contribution in [0.5, 0.6) is 0 Å². The van der Waals surface area contributed by atoms with Gasteiger partial charge >= 0.3 is 0 Å². The molecule has 0 aliphatic rings. The molecule has 0 saturated heterocycles. The van der Waals surface area contributed by atoms with Gasteiger partial charge < -0.3 is 10.2 Å². The summed E-state index contributed by atoms with van der Waals surface area (Å²) in [4.78, 5) is 0. The van der Waals surface area contributed by atoms with Gasteiger partial charge in [0.05, 0.1) is 6.04 Å². The van der Waals surface area contributed by atoms with Gasteiger partial charge in [-0.3, -0.25) is 0 Å². The maximum absolute atomic E-state index is 13.2. The van der Waals surface area contributed by atoms with Crippen molar-refractivity contribution in [3.05, 3.63) is 70.7 Å². The average molecular weight is 269 g/mol. The van der Waals surface area contributed by atoms with E-state index < -0.39 is 0 Å². The zero-order valence-electron chi connectivity index (χ0n) is 11.5. The topological polar surface area (TPSA) is 39.2 Å². The van der Waals surface area contributed by atoms with Gasteiger partial charge in [-0.25, -0.2) is 4.39 Å². The molecule has 2 aromatic carbocycles. The van der Waals surface area contributed by atoms with E-state index in [1.165, 1.54) is 23.3 Å². The number of furan rings is 1. The Bertz CT molecular complexity index is 776. The summed E-state index contributed by atoms with van der Waals surface area (Å²) >= 11 is 0. The number of aryl methyl sites for hydroxylation is 2. The number of hydrogen-bond donors (Lipinski definition) is 1. The molecule has 1 unspecified atom stereocenters. The van der Waals surface area contributed by atoms with Crippen molar-refractivity contribution in [3.8, 4) is 0 Å². The number of fused-ring (bicyclic) bond motifs is 1. The highest BCUT2D eigenvalue weighted by atomic mass is 19.1. The second kappa shape index (κ2) is 4.76. The molecule has 0 fully saturated rings. The lowest BCUT2D eigenvalue weighted by atomic mass is 10.00. The smallest absolute Gasteiger partial charge is 0.134 e. The minimum Gasteiger partial charge on any atom is -0.459 e. The van der Waals surface area contributed by atoms with Crippen LogP contribution in [0.25, 0.3) is 11.0 Å². The van der Waals surface area contributed by atoms with Gasteiger partial charge in [0.15, 0.2) is 0 Å². The second-order valence-corrected chi connectivity index (χ2v) is 5.15. The quantitative estimate of drug-likeness (QED) is 0.756. The lowest BCUT2D eigenvalue weighted by Crippen LogP contribution is -2.11. The number of nitrogens with two attached hydrogens (primary N) is 1. The SMILES string of the molecule is Cc1ccc(C(N)c2cc3cc(F)ccc3o2)cc1C. The molecule has 2 nitrogen and oxygen atoms in total. The normalized spacial score (nSPS) is 12.8. The monoisotopic (exact) mass is 269 g/mol. The van der Waals surface area contributed by atoms with Crippen molar-refractivity contribution in [2.24, 2.45) is 5.73 Å². The molecule has 0 aliphatic carbocycles. The van der Waals surface area contributed by atoms with Crippen molar-refractivity contribution in [1.29, 1.82) is 0 Å². The minimum absolute atomic E-state index is 0.274. The largest absolute Gasteiger partial charge is 0.459 e. The molecule has 3 aromatic rings. The van der Waals surface area contributed by atoms with Gasteiger partial charge in [0.1, 0.15) is 17.2 Å². The fraction of sp³-hybridized carbons (Fsp3) is 0.176. The van der Waals surface area contributed by atoms with Crippen molar-refractivity contribution in [2.75, 3.05) is 0 Å². The molecular weight excluding hydrogens is 253 g/mol. The molecule has 0 spiro atoms. The Hall–Kier alpha value is -2.13. The summed E-state index contributed by atoms with van der Waals surface area (Å²) in [5, 5.41) is 0.735. The van der Waals surface area contributed by atoms with Gasteiger partial charge in [-0.05, 0) is 54.8 Å². The molecule has 102 valence electrons. The Morgan fingerprint density at radius 1 is 1.00 bits per heavy atom. The molecule has 20 heavy (non-hydrogen) atoms. The third kappa shape index (κ3) is 2.21. The van der Waals surface area contributed by atoms with E-state index in [0.717, 1.165) is 10.9 Å². The fourth-order valence-electron chi connectivity index (χ4n) is 2.31. The van der Waals surface area contributed by atoms with Gasteiger partial charge in [-0.1, -0.05) is 18.2 Å². The molecule has 2 N–H and O–H groups in total. The first-order valence-corrected chi connectivity index (χ1v) is 6.56. The zero-order chi connectivity index (χ0) is 14.3. The maximum atomic E-state index is 13.2. The lowest BCUT2D eigenvalue weighted by molar-refractivity contribution is 0.524. The van der Waals surface area contributed by atoms with Gasteiger partial charge in [0.25, 0.3) is 0 Å². The van der Waals surface area contributed by atoms with E-state index in [9.17, 15) is 4.39 Å². The van der Waals surface area contributed by atoms with Crippen molar-refractivity contribution >= 4 is 11.0 Å². The molecule has 1 atom stereocenters. The first-order chi connectivity index (χ1) is 9.54. The molecule has 3 rings (SSSR count). The standard InChI is InChI=1S/C17H16FNO/c1-10-3-4-12(7-11(10)2)17(19)16-9-13-8-14(18)5-6-15(13)20-16/h3-9,17H,19H2,1-2H3. The van der Waals surface area contributed by atoms with E-state index in [4.69, 9.17) is 10.2 Å². The Morgan fingerprint density at radius 3 is 2.55 bits per heavy atom. The third-order valence-electron chi connectivity index (χ3n) is 3.69. The van der Waals surface area contributed by atoms with E-state index in [0.29, 0.717) is 11.3 Å². The van der Waals surface area contributed by atoms with Gasteiger partial charge in [0.2, 0.25) is 0 Å². The Kier molecular flexibility index (Phi) is 3.07. The minimum atomic E-state index is -0.343. The van der Waals surface area contributed by atoms with Crippen LogP contribution in [0.2, 0.25) is 0 Å². The summed E-state index contributed by atoms with van der Waals surface area (Å²) in [5.74, 6) is 0.374. The van der Waals surface area contributed by atoms with Crippen LogP contribution in [0.4, 0.5) is 4.39 Å². The van der Waals surface area contributed by atoms with E-state index in [2.05, 4.69) is 19.9 Å². The first-order valence-electron chi connectivity index (χ1n) is 6.56. The molecule has 0 saturated carbocycles. The number of benzene rings is 2. The van der Waals surface area contributed by atoms with Crippen LogP contribution in [0.15, 0.2) is 46.9 Å². The van der Waals surface area contributed by atoms with Crippen LogP contribution in [0.1, 0.15) is 28.5 Å². The zero-order valence-corrected chi connectivity index (χ0v) is 11.5. The van der Waals surface area contributed by atoms with Crippen molar-refractivity contribution in [3.63, 3.8) is 0 Å². The highest BCUT2D eigenvalue weighted by Crippen LogP contribution is 2.28. The summed E-state index contributed by atoms with van der Waals surface area (Å²) in [5.41, 5.74) is 10.3. The van der Waals surface area contributed by atoms with Crippen LogP contribution in [0.3, 0.4) is 0 Å². The van der Waals surface area contributed by atoms with Crippen LogP contribution >= 0.6 is 0 Å². The highest BCUT2D eigenvalue weighted by Gasteiger charge is 2.15. The molecule has 1 aromatic heterocycles. The van der Waals surface area contributed by atoms with E-state index in [1.54, 1.807) is 12.1 Å². The molecule has 0 aliphatic heterocycles. The Morgan fingerprint density at radius 2 is 1.80 bits per heavy atom. The predicted octanol–water partition coefficient (Wildman–Crippen LogP) is 4.24. The molecule has 0 amide bonds. The summed E-state index contributed by atoms with van der Waals surface area (Å²) < 4.78 is 18.9. The molecule has 0 radical (unpaired) electrons. The summed E-state index contributed by atoms with van der Waals surface area (Å²) in [6.45, 7) is 4.12. The van der Waals surface area contributed by atoms with Crippen LogP contribution in [-0.4, -0.2) is 0 Å². The van der Waals surface area contributed by atoms with Gasteiger partial charge in [0, 0.05) is 5.39 Å². The molecular formula is C17H16FNO. The van der Waals surface area contributed by atoms with E-state index in [-0.39, 0.29) is 11.9 Å². The Balaban J connectivity index is 2.02. The van der Waals surface area contributed by atoms with Crippen LogP contribution < -0.4 is 5.73 Å². The summed E-state index contributed by atoms with van der Waals surface area (Å²) in [6.07, 6.45) is 0. The predicted molar refractivity (Wildman–Crippen MR) is 78.1 cm³/mol. The van der Waals surface area contributed by atoms with E-state index in [1.807, 2.05) is 12.1 Å². The lowest BCUT2D eigenvalue weighted by Gasteiger charge is -2.11. The highest BCUT2D eigenvalue weighted by molar-refractivity contribution is 5.78. The Labute approximate surface area is 117 Å². The van der Waals surface area contributed by atoms with Gasteiger partial charge in [-0.15, -0.1) is 0 Å². The van der Waals surface area contributed by atoms with Crippen molar-refractivity contribution in [1.82, 2.24) is 0 Å². The fourth-order valence-corrected chi connectivity index (χ4v) is 2.31. The summed E-state index contributed by atoms with van der Waals surface area (Å²) in [6, 6.07) is 12.0. The molecule has 0 bridgehead atoms. The van der Waals surface area contributed by atoms with Crippen molar-refractivity contribution in [2.45, 2.75) is 19.9 Å². The average Bonchev–Trinajstić information content (AvgIpc) is 2.84. The first kappa shape index (κ1) is 12.9. The second-order valence-electron chi connectivity index (χ2n) is 5.15.